The smallest absolute Gasteiger partial charge is 0.312 e. The van der Waals surface area contributed by atoms with E-state index in [-0.39, 0.29) is 31.0 Å². The Labute approximate surface area is 130 Å². The van der Waals surface area contributed by atoms with Gasteiger partial charge in [-0.2, -0.15) is 4.31 Å². The SMILES string of the molecule is CCOC(=O)C1CN(S(=O)(=O)c2ccc(C)cc2)CCC1O. The lowest BCUT2D eigenvalue weighted by Gasteiger charge is -2.34. The van der Waals surface area contributed by atoms with Crippen molar-refractivity contribution in [3.05, 3.63) is 29.8 Å². The molecule has 6 nitrogen and oxygen atoms in total. The number of hydrogen-bond acceptors (Lipinski definition) is 5. The van der Waals surface area contributed by atoms with Crippen molar-refractivity contribution in [2.24, 2.45) is 5.92 Å². The number of ether oxygens (including phenoxy) is 1. The van der Waals surface area contributed by atoms with Gasteiger partial charge in [0.1, 0.15) is 0 Å². The predicted octanol–water partition coefficient (Wildman–Crippen LogP) is 0.930. The predicted molar refractivity (Wildman–Crippen MR) is 80.7 cm³/mol. The Balaban J connectivity index is 2.21. The minimum Gasteiger partial charge on any atom is -0.466 e. The molecule has 1 heterocycles. The molecule has 0 amide bonds. The number of sulfonamides is 1. The molecule has 122 valence electrons. The van der Waals surface area contributed by atoms with Gasteiger partial charge in [-0.25, -0.2) is 8.42 Å². The number of aliphatic hydroxyl groups is 1. The number of carbonyl (C=O) groups is 1. The maximum Gasteiger partial charge on any atom is 0.312 e. The van der Waals surface area contributed by atoms with Gasteiger partial charge in [0, 0.05) is 13.1 Å². The number of aryl methyl sites for hydroxylation is 1. The maximum absolute atomic E-state index is 12.6. The summed E-state index contributed by atoms with van der Waals surface area (Å²) in [6.07, 6.45) is -0.655. The largest absolute Gasteiger partial charge is 0.466 e. The number of esters is 1. The fourth-order valence-corrected chi connectivity index (χ4v) is 3.95. The molecular weight excluding hydrogens is 306 g/mol. The van der Waals surface area contributed by atoms with Gasteiger partial charge in [-0.05, 0) is 32.4 Å². The number of nitrogens with zero attached hydrogens (tertiary/aromatic N) is 1. The molecule has 0 radical (unpaired) electrons. The molecule has 0 saturated carbocycles. The lowest BCUT2D eigenvalue weighted by Crippen LogP contribution is -2.49. The molecule has 2 atom stereocenters. The van der Waals surface area contributed by atoms with E-state index >= 15 is 0 Å². The fraction of sp³-hybridized carbons (Fsp3) is 0.533. The van der Waals surface area contributed by atoms with Gasteiger partial charge in [0.05, 0.1) is 23.5 Å². The number of hydrogen-bond donors (Lipinski definition) is 1. The number of aliphatic hydroxyl groups excluding tert-OH is 1. The van der Waals surface area contributed by atoms with Crippen molar-refractivity contribution in [3.8, 4) is 0 Å². The lowest BCUT2D eigenvalue weighted by atomic mass is 9.96. The monoisotopic (exact) mass is 327 g/mol. The van der Waals surface area contributed by atoms with Crippen LogP contribution in [0.3, 0.4) is 0 Å². The Morgan fingerprint density at radius 3 is 2.59 bits per heavy atom. The Hall–Kier alpha value is -1.44. The average Bonchev–Trinajstić information content (AvgIpc) is 2.48. The first-order chi connectivity index (χ1) is 10.4. The van der Waals surface area contributed by atoms with Crippen molar-refractivity contribution >= 4 is 16.0 Å². The number of piperidine rings is 1. The van der Waals surface area contributed by atoms with Crippen LogP contribution in [0, 0.1) is 12.8 Å². The Bertz CT molecular complexity index is 626. The van der Waals surface area contributed by atoms with Gasteiger partial charge in [-0.3, -0.25) is 4.79 Å². The van der Waals surface area contributed by atoms with E-state index in [1.54, 1.807) is 31.2 Å². The third kappa shape index (κ3) is 3.48. The second-order valence-corrected chi connectivity index (χ2v) is 7.33. The quantitative estimate of drug-likeness (QED) is 0.832. The van der Waals surface area contributed by atoms with Crippen LogP contribution < -0.4 is 0 Å². The standard InChI is InChI=1S/C15H21NO5S/c1-3-21-15(18)13-10-16(9-8-14(13)17)22(19,20)12-6-4-11(2)5-7-12/h4-7,13-14,17H,3,8-10H2,1-2H3. The zero-order valence-electron chi connectivity index (χ0n) is 12.7. The van der Waals surface area contributed by atoms with Crippen LogP contribution in [0.1, 0.15) is 18.9 Å². The van der Waals surface area contributed by atoms with Crippen LogP contribution in [0.2, 0.25) is 0 Å². The summed E-state index contributed by atoms with van der Waals surface area (Å²) in [5, 5.41) is 9.93. The van der Waals surface area contributed by atoms with Gasteiger partial charge in [-0.1, -0.05) is 17.7 Å². The van der Waals surface area contributed by atoms with Crippen LogP contribution in [0.4, 0.5) is 0 Å². The van der Waals surface area contributed by atoms with Crippen molar-refractivity contribution in [2.45, 2.75) is 31.3 Å². The number of carbonyl (C=O) groups excluding carboxylic acids is 1. The van der Waals surface area contributed by atoms with Crippen LogP contribution >= 0.6 is 0 Å². The molecule has 1 N–H and O–H groups in total. The number of rotatable bonds is 4. The molecule has 0 aromatic heterocycles. The highest BCUT2D eigenvalue weighted by molar-refractivity contribution is 7.89. The normalized spacial score (nSPS) is 23.2. The Kier molecular flexibility index (Phi) is 5.20. The summed E-state index contributed by atoms with van der Waals surface area (Å²) >= 11 is 0. The van der Waals surface area contributed by atoms with E-state index in [4.69, 9.17) is 4.74 Å². The molecule has 22 heavy (non-hydrogen) atoms. The van der Waals surface area contributed by atoms with Gasteiger partial charge in [0.2, 0.25) is 10.0 Å². The van der Waals surface area contributed by atoms with Crippen molar-refractivity contribution in [3.63, 3.8) is 0 Å². The second-order valence-electron chi connectivity index (χ2n) is 5.39. The van der Waals surface area contributed by atoms with Gasteiger partial charge >= 0.3 is 5.97 Å². The zero-order valence-corrected chi connectivity index (χ0v) is 13.5. The number of benzene rings is 1. The van der Waals surface area contributed by atoms with Gasteiger partial charge in [0.15, 0.2) is 0 Å². The first kappa shape index (κ1) is 16.9. The molecule has 1 aliphatic rings. The van der Waals surface area contributed by atoms with Gasteiger partial charge in [-0.15, -0.1) is 0 Å². The minimum atomic E-state index is -3.67. The highest BCUT2D eigenvalue weighted by atomic mass is 32.2. The van der Waals surface area contributed by atoms with E-state index in [2.05, 4.69) is 0 Å². The lowest BCUT2D eigenvalue weighted by molar-refractivity contribution is -0.154. The molecule has 0 aliphatic carbocycles. The molecule has 1 aliphatic heterocycles. The van der Waals surface area contributed by atoms with E-state index in [0.29, 0.717) is 0 Å². The van der Waals surface area contributed by atoms with Crippen molar-refractivity contribution in [1.82, 2.24) is 4.31 Å². The van der Waals surface area contributed by atoms with Crippen molar-refractivity contribution in [1.29, 1.82) is 0 Å². The molecule has 0 spiro atoms. The molecule has 1 fully saturated rings. The zero-order chi connectivity index (χ0) is 16.3. The molecule has 1 saturated heterocycles. The van der Waals surface area contributed by atoms with Crippen LogP contribution in [0.15, 0.2) is 29.2 Å². The Morgan fingerprint density at radius 2 is 2.00 bits per heavy atom. The first-order valence-corrected chi connectivity index (χ1v) is 8.71. The van der Waals surface area contributed by atoms with E-state index in [1.807, 2.05) is 6.92 Å². The maximum atomic E-state index is 12.6. The average molecular weight is 327 g/mol. The molecule has 1 aromatic carbocycles. The summed E-state index contributed by atoms with van der Waals surface area (Å²) in [5.74, 6) is -1.40. The van der Waals surface area contributed by atoms with Crippen molar-refractivity contribution in [2.75, 3.05) is 19.7 Å². The van der Waals surface area contributed by atoms with Crippen LogP contribution in [-0.4, -0.2) is 49.6 Å². The Morgan fingerprint density at radius 1 is 1.36 bits per heavy atom. The third-order valence-electron chi connectivity index (χ3n) is 3.79. The van der Waals surface area contributed by atoms with Gasteiger partial charge in [0.25, 0.3) is 0 Å². The molecule has 1 aromatic rings. The molecule has 2 unspecified atom stereocenters. The van der Waals surface area contributed by atoms with Crippen LogP contribution in [0.5, 0.6) is 0 Å². The van der Waals surface area contributed by atoms with E-state index in [1.165, 1.54) is 4.31 Å². The van der Waals surface area contributed by atoms with Crippen molar-refractivity contribution < 1.29 is 23.1 Å². The van der Waals surface area contributed by atoms with E-state index in [0.717, 1.165) is 5.56 Å². The molecule has 2 rings (SSSR count). The summed E-state index contributed by atoms with van der Waals surface area (Å²) in [4.78, 5) is 12.1. The van der Waals surface area contributed by atoms with Crippen LogP contribution in [0.25, 0.3) is 0 Å². The third-order valence-corrected chi connectivity index (χ3v) is 5.67. The first-order valence-electron chi connectivity index (χ1n) is 7.27. The highest BCUT2D eigenvalue weighted by Crippen LogP contribution is 2.25. The summed E-state index contributed by atoms with van der Waals surface area (Å²) in [6, 6.07) is 6.56. The molecule has 7 heteroatoms. The second kappa shape index (κ2) is 6.76. The molecule has 0 bridgehead atoms. The minimum absolute atomic E-state index is 0.0593. The summed E-state index contributed by atoms with van der Waals surface area (Å²) in [7, 11) is -3.67. The van der Waals surface area contributed by atoms with Gasteiger partial charge < -0.3 is 9.84 Å². The topological polar surface area (TPSA) is 83.9 Å². The van der Waals surface area contributed by atoms with Crippen LogP contribution in [-0.2, 0) is 19.6 Å². The summed E-state index contributed by atoms with van der Waals surface area (Å²) in [6.45, 7) is 3.88. The summed E-state index contributed by atoms with van der Waals surface area (Å²) in [5.41, 5.74) is 0.970. The highest BCUT2D eigenvalue weighted by Gasteiger charge is 2.39. The fourth-order valence-electron chi connectivity index (χ4n) is 2.47. The summed E-state index contributed by atoms with van der Waals surface area (Å²) < 4.78 is 31.4. The van der Waals surface area contributed by atoms with E-state index in [9.17, 15) is 18.3 Å². The molecular formula is C15H21NO5S. The van der Waals surface area contributed by atoms with E-state index < -0.39 is 28.0 Å².